The average molecular weight is 277 g/mol. The number of benzene rings is 1. The highest BCUT2D eigenvalue weighted by molar-refractivity contribution is 9.10. The summed E-state index contributed by atoms with van der Waals surface area (Å²) >= 11 is 2.93. The van der Waals surface area contributed by atoms with Gasteiger partial charge in [0.1, 0.15) is 5.82 Å². The van der Waals surface area contributed by atoms with Gasteiger partial charge in [0.05, 0.1) is 15.5 Å². The predicted octanol–water partition coefficient (Wildman–Crippen LogP) is 1.40. The van der Waals surface area contributed by atoms with Gasteiger partial charge in [0, 0.05) is 0 Å². The average Bonchev–Trinajstić information content (AvgIpc) is 2.08. The third-order valence-corrected chi connectivity index (χ3v) is 2.05. The maximum Gasteiger partial charge on any atom is 0.299 e. The van der Waals surface area contributed by atoms with Crippen molar-refractivity contribution in [3.05, 3.63) is 32.5 Å². The number of nitro groups is 1. The molecule has 0 heterocycles. The number of rotatable bonds is 2. The van der Waals surface area contributed by atoms with Crippen molar-refractivity contribution in [1.29, 1.82) is 0 Å². The minimum absolute atomic E-state index is 0.110. The first kappa shape index (κ1) is 11.4. The highest BCUT2D eigenvalue weighted by atomic mass is 79.9. The summed E-state index contributed by atoms with van der Waals surface area (Å²) in [6, 6.07) is 1.78. The number of nitro benzene ring substituents is 1. The molecule has 8 heteroatoms. The van der Waals surface area contributed by atoms with Crippen LogP contribution in [0.4, 0.5) is 15.8 Å². The van der Waals surface area contributed by atoms with Crippen LogP contribution in [0.2, 0.25) is 0 Å². The van der Waals surface area contributed by atoms with Crippen molar-refractivity contribution in [2.75, 3.05) is 0 Å². The summed E-state index contributed by atoms with van der Waals surface area (Å²) in [5.74, 6) is -1.09. The molecule has 0 saturated carbocycles. The fourth-order valence-electron chi connectivity index (χ4n) is 0.931. The molecule has 0 amide bonds. The van der Waals surface area contributed by atoms with E-state index in [9.17, 15) is 14.5 Å². The molecule has 1 aromatic carbocycles. The van der Waals surface area contributed by atoms with E-state index >= 15 is 0 Å². The fourth-order valence-corrected chi connectivity index (χ4v) is 1.44. The van der Waals surface area contributed by atoms with Crippen molar-refractivity contribution in [3.63, 3.8) is 0 Å². The first-order valence-corrected chi connectivity index (χ1v) is 4.44. The van der Waals surface area contributed by atoms with Crippen molar-refractivity contribution in [2.45, 2.75) is 0 Å². The molecule has 0 radical (unpaired) electrons. The van der Waals surface area contributed by atoms with Crippen molar-refractivity contribution in [1.82, 2.24) is 0 Å². The number of hydrogen-bond donors (Lipinski definition) is 2. The summed E-state index contributed by atoms with van der Waals surface area (Å²) in [5.41, 5.74) is 9.57. The van der Waals surface area contributed by atoms with Gasteiger partial charge in [0.25, 0.3) is 5.69 Å². The van der Waals surface area contributed by atoms with Gasteiger partial charge in [0.2, 0.25) is 0 Å². The molecule has 0 atom stereocenters. The molecule has 15 heavy (non-hydrogen) atoms. The van der Waals surface area contributed by atoms with Gasteiger partial charge in [-0.25, -0.2) is 9.38 Å². The lowest BCUT2D eigenvalue weighted by molar-refractivity contribution is -0.384. The molecule has 1 rings (SSSR count). The molecule has 0 aliphatic carbocycles. The van der Waals surface area contributed by atoms with Gasteiger partial charge in [0.15, 0.2) is 11.6 Å². The molecular formula is C7H6BrFN4O2. The second kappa shape index (κ2) is 4.22. The van der Waals surface area contributed by atoms with E-state index in [0.29, 0.717) is 0 Å². The molecule has 0 aliphatic rings. The first-order valence-electron chi connectivity index (χ1n) is 3.65. The third kappa shape index (κ3) is 2.62. The quantitative estimate of drug-likeness (QED) is 0.368. The lowest BCUT2D eigenvalue weighted by atomic mass is 10.2. The van der Waals surface area contributed by atoms with E-state index in [1.807, 2.05) is 0 Å². The molecule has 0 saturated heterocycles. The summed E-state index contributed by atoms with van der Waals surface area (Å²) < 4.78 is 13.0. The van der Waals surface area contributed by atoms with Gasteiger partial charge in [-0.05, 0) is 22.0 Å². The van der Waals surface area contributed by atoms with Gasteiger partial charge in [-0.1, -0.05) is 0 Å². The number of halogens is 2. The standard InChI is InChI=1S/C7H6BrFN4O2/c8-4-1-3(9)2-5(13(14)15)6(4)12-7(10)11/h1-2H,(H4,10,11,12). The second-order valence-electron chi connectivity index (χ2n) is 2.55. The minimum Gasteiger partial charge on any atom is -0.370 e. The Morgan fingerprint density at radius 1 is 1.53 bits per heavy atom. The highest BCUT2D eigenvalue weighted by Gasteiger charge is 2.18. The number of hydrogen-bond acceptors (Lipinski definition) is 3. The van der Waals surface area contributed by atoms with E-state index in [4.69, 9.17) is 11.5 Å². The van der Waals surface area contributed by atoms with Crippen molar-refractivity contribution in [3.8, 4) is 0 Å². The molecule has 6 nitrogen and oxygen atoms in total. The largest absolute Gasteiger partial charge is 0.370 e. The van der Waals surface area contributed by atoms with Crippen LogP contribution in [0, 0.1) is 15.9 Å². The lowest BCUT2D eigenvalue weighted by Crippen LogP contribution is -2.22. The van der Waals surface area contributed by atoms with Crippen LogP contribution in [0.3, 0.4) is 0 Å². The van der Waals surface area contributed by atoms with E-state index < -0.39 is 16.4 Å². The summed E-state index contributed by atoms with van der Waals surface area (Å²) in [7, 11) is 0. The van der Waals surface area contributed by atoms with Crippen LogP contribution < -0.4 is 11.5 Å². The SMILES string of the molecule is NC(N)=Nc1c(Br)cc(F)cc1[N+](=O)[O-]. The molecule has 4 N–H and O–H groups in total. The first-order chi connectivity index (χ1) is 6.91. The van der Waals surface area contributed by atoms with E-state index in [1.165, 1.54) is 0 Å². The van der Waals surface area contributed by atoms with E-state index in [-0.39, 0.29) is 16.1 Å². The van der Waals surface area contributed by atoms with Crippen LogP contribution in [-0.4, -0.2) is 10.9 Å². The monoisotopic (exact) mass is 276 g/mol. The molecule has 80 valence electrons. The van der Waals surface area contributed by atoms with Crippen LogP contribution >= 0.6 is 15.9 Å². The number of nitrogens with zero attached hydrogens (tertiary/aromatic N) is 2. The van der Waals surface area contributed by atoms with Crippen molar-refractivity contribution >= 4 is 33.3 Å². The zero-order valence-corrected chi connectivity index (χ0v) is 8.86. The zero-order valence-electron chi connectivity index (χ0n) is 7.28. The van der Waals surface area contributed by atoms with Gasteiger partial charge in [-0.15, -0.1) is 0 Å². The molecule has 0 unspecified atom stereocenters. The van der Waals surface area contributed by atoms with Gasteiger partial charge in [-0.3, -0.25) is 10.1 Å². The van der Waals surface area contributed by atoms with Crippen LogP contribution in [0.1, 0.15) is 0 Å². The third-order valence-electron chi connectivity index (χ3n) is 1.45. The number of aliphatic imine (C=N–C) groups is 1. The number of guanidine groups is 1. The van der Waals surface area contributed by atoms with Crippen LogP contribution in [-0.2, 0) is 0 Å². The van der Waals surface area contributed by atoms with Crippen molar-refractivity contribution < 1.29 is 9.31 Å². The predicted molar refractivity (Wildman–Crippen MR) is 56.2 cm³/mol. The molecule has 0 fully saturated rings. The van der Waals surface area contributed by atoms with E-state index in [1.54, 1.807) is 0 Å². The Morgan fingerprint density at radius 3 is 2.60 bits per heavy atom. The highest BCUT2D eigenvalue weighted by Crippen LogP contribution is 2.35. The Bertz CT molecular complexity index is 445. The molecule has 0 bridgehead atoms. The Morgan fingerprint density at radius 2 is 2.13 bits per heavy atom. The molecular weight excluding hydrogens is 271 g/mol. The van der Waals surface area contributed by atoms with Crippen LogP contribution in [0.5, 0.6) is 0 Å². The van der Waals surface area contributed by atoms with Gasteiger partial charge < -0.3 is 11.5 Å². The molecule has 0 aliphatic heterocycles. The lowest BCUT2D eigenvalue weighted by Gasteiger charge is -2.01. The summed E-state index contributed by atoms with van der Waals surface area (Å²) in [6.45, 7) is 0. The summed E-state index contributed by atoms with van der Waals surface area (Å²) in [6.07, 6.45) is 0. The maximum atomic E-state index is 12.9. The van der Waals surface area contributed by atoms with Gasteiger partial charge in [-0.2, -0.15) is 0 Å². The Kier molecular flexibility index (Phi) is 3.20. The smallest absolute Gasteiger partial charge is 0.299 e. The Labute approximate surface area is 92.1 Å². The van der Waals surface area contributed by atoms with E-state index in [2.05, 4.69) is 20.9 Å². The summed E-state index contributed by atoms with van der Waals surface area (Å²) in [4.78, 5) is 13.3. The summed E-state index contributed by atoms with van der Waals surface area (Å²) in [5, 5.41) is 10.6. The van der Waals surface area contributed by atoms with Crippen molar-refractivity contribution in [2.24, 2.45) is 16.5 Å². The zero-order chi connectivity index (χ0) is 11.6. The second-order valence-corrected chi connectivity index (χ2v) is 3.40. The van der Waals surface area contributed by atoms with E-state index in [0.717, 1.165) is 12.1 Å². The molecule has 1 aromatic rings. The van der Waals surface area contributed by atoms with Gasteiger partial charge >= 0.3 is 0 Å². The fraction of sp³-hybridized carbons (Fsp3) is 0. The Balaban J connectivity index is 3.47. The van der Waals surface area contributed by atoms with Crippen LogP contribution in [0.25, 0.3) is 0 Å². The minimum atomic E-state index is -0.768. The van der Waals surface area contributed by atoms with Crippen LogP contribution in [0.15, 0.2) is 21.6 Å². The maximum absolute atomic E-state index is 12.9. The normalized spacial score (nSPS) is 9.73. The molecule has 0 spiro atoms. The molecule has 0 aromatic heterocycles. The number of nitrogens with two attached hydrogens (primary N) is 2. The topological polar surface area (TPSA) is 108 Å². The Hall–Kier alpha value is -1.70.